The molecule has 0 saturated carbocycles. The lowest BCUT2D eigenvalue weighted by Gasteiger charge is -2.24. The van der Waals surface area contributed by atoms with Gasteiger partial charge in [0, 0.05) is 5.69 Å². The number of carbonyl (C=O) groups excluding carboxylic acids is 2. The first-order chi connectivity index (χ1) is 11.8. The molecule has 3 N–H and O–H groups in total. The van der Waals surface area contributed by atoms with E-state index in [1.807, 2.05) is 32.0 Å². The van der Waals surface area contributed by atoms with Crippen molar-refractivity contribution in [3.05, 3.63) is 65.7 Å². The van der Waals surface area contributed by atoms with Gasteiger partial charge in [0.2, 0.25) is 0 Å². The zero-order valence-corrected chi connectivity index (χ0v) is 14.7. The van der Waals surface area contributed by atoms with Crippen LogP contribution in [0.5, 0.6) is 0 Å². The Balaban J connectivity index is 1.99. The van der Waals surface area contributed by atoms with E-state index < -0.39 is 17.4 Å². The SMILES string of the molecule is CC(C)c1ccccc1NC(=O)C(=O)NCC(C)(O)c1ccccc1. The molecular formula is C20H24N2O3. The molecule has 0 aromatic heterocycles. The van der Waals surface area contributed by atoms with Gasteiger partial charge in [-0.25, -0.2) is 0 Å². The summed E-state index contributed by atoms with van der Waals surface area (Å²) in [6.07, 6.45) is 0. The van der Waals surface area contributed by atoms with Gasteiger partial charge in [-0.2, -0.15) is 0 Å². The summed E-state index contributed by atoms with van der Waals surface area (Å²) < 4.78 is 0. The van der Waals surface area contributed by atoms with Crippen LogP contribution in [0.3, 0.4) is 0 Å². The van der Waals surface area contributed by atoms with Crippen LogP contribution in [0, 0.1) is 0 Å². The van der Waals surface area contributed by atoms with Crippen molar-refractivity contribution in [2.75, 3.05) is 11.9 Å². The van der Waals surface area contributed by atoms with Crippen LogP contribution < -0.4 is 10.6 Å². The number of carbonyl (C=O) groups is 2. The van der Waals surface area contributed by atoms with Gasteiger partial charge in [-0.15, -0.1) is 0 Å². The molecule has 0 bridgehead atoms. The van der Waals surface area contributed by atoms with Crippen LogP contribution in [-0.4, -0.2) is 23.5 Å². The van der Waals surface area contributed by atoms with Crippen LogP contribution in [0.1, 0.15) is 37.8 Å². The first-order valence-corrected chi connectivity index (χ1v) is 8.27. The highest BCUT2D eigenvalue weighted by molar-refractivity contribution is 6.39. The molecule has 0 fully saturated rings. The molecule has 2 aromatic rings. The molecule has 0 heterocycles. The zero-order valence-electron chi connectivity index (χ0n) is 14.7. The minimum absolute atomic E-state index is 0.0604. The highest BCUT2D eigenvalue weighted by Crippen LogP contribution is 2.23. The van der Waals surface area contributed by atoms with Crippen LogP contribution in [0.2, 0.25) is 0 Å². The van der Waals surface area contributed by atoms with E-state index in [9.17, 15) is 14.7 Å². The zero-order chi connectivity index (χ0) is 18.4. The summed E-state index contributed by atoms with van der Waals surface area (Å²) in [6.45, 7) is 5.56. The minimum atomic E-state index is -1.26. The predicted octanol–water partition coefficient (Wildman–Crippen LogP) is 2.77. The molecule has 1 unspecified atom stereocenters. The van der Waals surface area contributed by atoms with Gasteiger partial charge in [0.05, 0.1) is 6.54 Å². The summed E-state index contributed by atoms with van der Waals surface area (Å²) in [4.78, 5) is 24.2. The van der Waals surface area contributed by atoms with Gasteiger partial charge in [-0.05, 0) is 30.0 Å². The molecule has 0 aliphatic carbocycles. The van der Waals surface area contributed by atoms with E-state index in [4.69, 9.17) is 0 Å². The van der Waals surface area contributed by atoms with Gasteiger partial charge >= 0.3 is 11.8 Å². The average Bonchev–Trinajstić information content (AvgIpc) is 2.60. The summed E-state index contributed by atoms with van der Waals surface area (Å²) in [5.41, 5.74) is 0.987. The van der Waals surface area contributed by atoms with E-state index >= 15 is 0 Å². The molecule has 0 spiro atoms. The molecule has 2 rings (SSSR count). The van der Waals surface area contributed by atoms with Crippen LogP contribution in [-0.2, 0) is 15.2 Å². The number of benzene rings is 2. The van der Waals surface area contributed by atoms with Crippen molar-refractivity contribution in [2.45, 2.75) is 32.3 Å². The maximum atomic E-state index is 12.1. The normalized spacial score (nSPS) is 13.2. The third-order valence-corrected chi connectivity index (χ3v) is 4.03. The van der Waals surface area contributed by atoms with Crippen molar-refractivity contribution in [1.82, 2.24) is 5.32 Å². The van der Waals surface area contributed by atoms with Gasteiger partial charge in [0.25, 0.3) is 0 Å². The molecular weight excluding hydrogens is 316 g/mol. The van der Waals surface area contributed by atoms with Gasteiger partial charge in [-0.1, -0.05) is 62.4 Å². The number of rotatable bonds is 5. The third-order valence-electron chi connectivity index (χ3n) is 4.03. The van der Waals surface area contributed by atoms with Gasteiger partial charge in [-0.3, -0.25) is 9.59 Å². The van der Waals surface area contributed by atoms with Crippen LogP contribution in [0.15, 0.2) is 54.6 Å². The summed E-state index contributed by atoms with van der Waals surface area (Å²) in [5.74, 6) is -1.31. The maximum absolute atomic E-state index is 12.1. The van der Waals surface area contributed by atoms with E-state index in [1.165, 1.54) is 0 Å². The topological polar surface area (TPSA) is 78.4 Å². The number of amides is 2. The third kappa shape index (κ3) is 4.90. The van der Waals surface area contributed by atoms with Gasteiger partial charge in [0.1, 0.15) is 5.60 Å². The van der Waals surface area contributed by atoms with Gasteiger partial charge < -0.3 is 15.7 Å². The van der Waals surface area contributed by atoms with E-state index in [-0.39, 0.29) is 12.5 Å². The minimum Gasteiger partial charge on any atom is -0.384 e. The van der Waals surface area contributed by atoms with Crippen molar-refractivity contribution >= 4 is 17.5 Å². The Morgan fingerprint density at radius 2 is 1.60 bits per heavy atom. The molecule has 0 aliphatic rings. The van der Waals surface area contributed by atoms with Crippen LogP contribution in [0.4, 0.5) is 5.69 Å². The van der Waals surface area contributed by atoms with Crippen molar-refractivity contribution in [1.29, 1.82) is 0 Å². The second-order valence-electron chi connectivity index (χ2n) is 6.52. The Kier molecular flexibility index (Phi) is 5.93. The van der Waals surface area contributed by atoms with E-state index in [1.54, 1.807) is 43.3 Å². The summed E-state index contributed by atoms with van der Waals surface area (Å²) in [6, 6.07) is 16.4. The molecule has 0 saturated heterocycles. The number of aliphatic hydroxyl groups is 1. The number of hydrogen-bond donors (Lipinski definition) is 3. The fourth-order valence-corrected chi connectivity index (χ4v) is 2.53. The Hall–Kier alpha value is -2.66. The Labute approximate surface area is 148 Å². The quantitative estimate of drug-likeness (QED) is 0.732. The fraction of sp³-hybridized carbons (Fsp3) is 0.300. The lowest BCUT2D eigenvalue weighted by atomic mass is 9.96. The monoisotopic (exact) mass is 340 g/mol. The average molecular weight is 340 g/mol. The van der Waals surface area contributed by atoms with Crippen LogP contribution in [0.25, 0.3) is 0 Å². The highest BCUT2D eigenvalue weighted by Gasteiger charge is 2.25. The first kappa shape index (κ1) is 18.7. The second-order valence-corrected chi connectivity index (χ2v) is 6.52. The van der Waals surface area contributed by atoms with E-state index in [2.05, 4.69) is 10.6 Å². The van der Waals surface area contributed by atoms with Crippen molar-refractivity contribution in [3.63, 3.8) is 0 Å². The number of nitrogens with one attached hydrogen (secondary N) is 2. The molecule has 2 amide bonds. The molecule has 1 atom stereocenters. The largest absolute Gasteiger partial charge is 0.384 e. The van der Waals surface area contributed by atoms with Gasteiger partial charge in [0.15, 0.2) is 0 Å². The standard InChI is InChI=1S/C20H24N2O3/c1-14(2)16-11-7-8-12-17(16)22-19(24)18(23)21-13-20(3,25)15-9-5-4-6-10-15/h4-12,14,25H,13H2,1-3H3,(H,21,23)(H,22,24). The number of hydrogen-bond acceptors (Lipinski definition) is 3. The lowest BCUT2D eigenvalue weighted by molar-refractivity contribution is -0.136. The lowest BCUT2D eigenvalue weighted by Crippen LogP contribution is -2.43. The van der Waals surface area contributed by atoms with E-state index in [0.717, 1.165) is 5.56 Å². The molecule has 0 aliphatic heterocycles. The van der Waals surface area contributed by atoms with E-state index in [0.29, 0.717) is 11.3 Å². The summed E-state index contributed by atoms with van der Waals surface area (Å²) in [5, 5.41) is 15.6. The second kappa shape index (κ2) is 7.94. The smallest absolute Gasteiger partial charge is 0.313 e. The fourth-order valence-electron chi connectivity index (χ4n) is 2.53. The van der Waals surface area contributed by atoms with Crippen molar-refractivity contribution in [3.8, 4) is 0 Å². The van der Waals surface area contributed by atoms with Crippen molar-refractivity contribution in [2.24, 2.45) is 0 Å². The van der Waals surface area contributed by atoms with Crippen LogP contribution >= 0.6 is 0 Å². The Bertz CT molecular complexity index is 740. The molecule has 5 nitrogen and oxygen atoms in total. The summed E-state index contributed by atoms with van der Waals surface area (Å²) >= 11 is 0. The van der Waals surface area contributed by atoms with Crippen molar-refractivity contribution < 1.29 is 14.7 Å². The predicted molar refractivity (Wildman–Crippen MR) is 98.2 cm³/mol. The number of para-hydroxylation sites is 1. The maximum Gasteiger partial charge on any atom is 0.313 e. The summed E-state index contributed by atoms with van der Waals surface area (Å²) in [7, 11) is 0. The first-order valence-electron chi connectivity index (χ1n) is 8.27. The molecule has 25 heavy (non-hydrogen) atoms. The highest BCUT2D eigenvalue weighted by atomic mass is 16.3. The number of anilines is 1. The Morgan fingerprint density at radius 1 is 1.00 bits per heavy atom. The molecule has 132 valence electrons. The molecule has 5 heteroatoms. The molecule has 2 aromatic carbocycles. The Morgan fingerprint density at radius 3 is 2.24 bits per heavy atom. The molecule has 0 radical (unpaired) electrons.